The van der Waals surface area contributed by atoms with Gasteiger partial charge in [-0.2, -0.15) is 0 Å². The molecule has 12 nitrogen and oxygen atoms in total. The number of hydrogen-bond donors (Lipinski definition) is 3. The number of sulfone groups is 1. The van der Waals surface area contributed by atoms with E-state index in [1.165, 1.54) is 14.0 Å². The van der Waals surface area contributed by atoms with Crippen LogP contribution in [0.5, 0.6) is 5.75 Å². The smallest absolute Gasteiger partial charge is 0.244 e. The van der Waals surface area contributed by atoms with Crippen molar-refractivity contribution in [2.24, 2.45) is 11.7 Å². The van der Waals surface area contributed by atoms with Crippen molar-refractivity contribution in [3.8, 4) is 5.75 Å². The fraction of sp³-hybridized carbons (Fsp3) is 0.613. The van der Waals surface area contributed by atoms with E-state index >= 15 is 0 Å². The summed E-state index contributed by atoms with van der Waals surface area (Å²) in [5.41, 5.74) is 4.90. The summed E-state index contributed by atoms with van der Waals surface area (Å²) in [5.74, 6) is -2.81. The molecule has 0 saturated carbocycles. The Bertz CT molecular complexity index is 1380. The molecule has 2 aliphatic heterocycles. The summed E-state index contributed by atoms with van der Waals surface area (Å²) in [6.45, 7) is 3.74. The third-order valence-corrected chi connectivity index (χ3v) is 10.5. The van der Waals surface area contributed by atoms with Crippen LogP contribution in [0.15, 0.2) is 35.9 Å². The van der Waals surface area contributed by atoms with Gasteiger partial charge in [-0.25, -0.2) is 8.42 Å². The van der Waals surface area contributed by atoms with Crippen molar-refractivity contribution in [2.75, 3.05) is 44.9 Å². The minimum Gasteiger partial charge on any atom is -0.497 e. The fourth-order valence-electron chi connectivity index (χ4n) is 5.89. The Balaban J connectivity index is 1.62. The molecule has 1 aromatic carbocycles. The Kier molecular flexibility index (Phi) is 10.5. The van der Waals surface area contributed by atoms with Crippen molar-refractivity contribution in [3.05, 3.63) is 41.5 Å². The average Bonchev–Trinajstić information content (AvgIpc) is 3.75. The van der Waals surface area contributed by atoms with Crippen LogP contribution in [-0.2, 0) is 40.2 Å². The second-order valence-corrected chi connectivity index (χ2v) is 14.6. The maximum Gasteiger partial charge on any atom is 0.244 e. The lowest BCUT2D eigenvalue weighted by Crippen LogP contribution is -2.68. The molecule has 3 aliphatic rings. The number of nitrogens with two attached hydrogens (primary N) is 1. The van der Waals surface area contributed by atoms with Crippen LogP contribution in [0.1, 0.15) is 51.5 Å². The number of carbonyl (C=O) groups is 4. The molecule has 0 aromatic heterocycles. The van der Waals surface area contributed by atoms with Gasteiger partial charge in [0.25, 0.3) is 0 Å². The number of rotatable bonds is 14. The van der Waals surface area contributed by atoms with Gasteiger partial charge >= 0.3 is 0 Å². The third kappa shape index (κ3) is 8.24. The zero-order valence-electron chi connectivity index (χ0n) is 25.7. The van der Waals surface area contributed by atoms with E-state index in [4.69, 9.17) is 15.2 Å². The van der Waals surface area contributed by atoms with Crippen LogP contribution in [0.25, 0.3) is 0 Å². The number of ketones is 1. The normalized spacial score (nSPS) is 24.1. The molecule has 0 spiro atoms. The van der Waals surface area contributed by atoms with Crippen LogP contribution in [0.3, 0.4) is 0 Å². The average molecular weight is 633 g/mol. The molecule has 2 fully saturated rings. The molecule has 0 bridgehead atoms. The third-order valence-electron chi connectivity index (χ3n) is 8.86. The first kappa shape index (κ1) is 33.6. The number of carbonyl (C=O) groups excluding carboxylic acids is 4. The van der Waals surface area contributed by atoms with Crippen LogP contribution in [-0.4, -0.2) is 98.9 Å². The molecule has 1 aromatic rings. The summed E-state index contributed by atoms with van der Waals surface area (Å²) in [7, 11) is -1.57. The SMILES string of the molecule is COc1ccc(CC(NC(=O)[C@H](C)NC(=O)CN2CCS(=O)(=O)CC2)(C(N)=O)[C@H](CC2=CCCCC2)C(=O)[C@@]2(C)CO2)cc1. The number of nitrogens with zero attached hydrogens (tertiary/aromatic N) is 1. The monoisotopic (exact) mass is 632 g/mol. The second-order valence-electron chi connectivity index (χ2n) is 12.3. The number of epoxide rings is 1. The molecule has 1 unspecified atom stereocenters. The standard InChI is InChI=1S/C31H44N4O8S/c1-21(33-26(36)19-35-13-15-44(40,41)16-14-35)28(38)34-31(29(32)39,18-23-9-11-24(42-3)12-10-23)25(27(37)30(2)20-43-30)17-22-7-5-4-6-8-22/h7,9-12,21,25H,4-6,8,13-20H2,1-3H3,(H2,32,39)(H,33,36)(H,34,38)/t21-,25+,30+,31?/m0/s1. The lowest BCUT2D eigenvalue weighted by Gasteiger charge is -2.40. The topological polar surface area (TPSA) is 178 Å². The highest BCUT2D eigenvalue weighted by Gasteiger charge is 2.58. The lowest BCUT2D eigenvalue weighted by molar-refractivity contribution is -0.142. The van der Waals surface area contributed by atoms with Gasteiger partial charge in [0.05, 0.1) is 37.7 Å². The molecule has 13 heteroatoms. The number of Topliss-reactive ketones (excluding diaryl/α,β-unsaturated/α-hetero) is 1. The van der Waals surface area contributed by atoms with Crippen LogP contribution < -0.4 is 21.1 Å². The van der Waals surface area contributed by atoms with Crippen LogP contribution in [0.2, 0.25) is 0 Å². The molecule has 4 rings (SSSR count). The number of hydrogen-bond acceptors (Lipinski definition) is 9. The molecule has 2 saturated heterocycles. The van der Waals surface area contributed by atoms with Gasteiger partial charge in [0.2, 0.25) is 17.7 Å². The number of amides is 3. The van der Waals surface area contributed by atoms with Gasteiger partial charge in [-0.1, -0.05) is 23.8 Å². The highest BCUT2D eigenvalue weighted by Crippen LogP contribution is 2.40. The predicted molar refractivity (Wildman–Crippen MR) is 163 cm³/mol. The molecule has 1 aliphatic carbocycles. The molecular weight excluding hydrogens is 588 g/mol. The zero-order chi connectivity index (χ0) is 32.1. The van der Waals surface area contributed by atoms with Crippen molar-refractivity contribution in [3.63, 3.8) is 0 Å². The van der Waals surface area contributed by atoms with Crippen LogP contribution >= 0.6 is 0 Å². The molecule has 242 valence electrons. The summed E-state index contributed by atoms with van der Waals surface area (Å²) in [4.78, 5) is 56.0. The van der Waals surface area contributed by atoms with E-state index in [0.29, 0.717) is 11.3 Å². The largest absolute Gasteiger partial charge is 0.497 e. The van der Waals surface area contributed by atoms with Gasteiger partial charge in [0.1, 0.15) is 22.9 Å². The minimum atomic E-state index is -3.11. The molecule has 2 heterocycles. The Hall–Kier alpha value is -3.29. The van der Waals surface area contributed by atoms with Gasteiger partial charge in [-0.05, 0) is 63.6 Å². The van der Waals surface area contributed by atoms with E-state index in [0.717, 1.165) is 31.3 Å². The molecule has 4 atom stereocenters. The number of nitrogens with one attached hydrogen (secondary N) is 2. The van der Waals surface area contributed by atoms with Crippen LogP contribution in [0, 0.1) is 5.92 Å². The minimum absolute atomic E-state index is 0.0305. The lowest BCUT2D eigenvalue weighted by atomic mass is 9.69. The van der Waals surface area contributed by atoms with E-state index in [9.17, 15) is 27.6 Å². The maximum atomic E-state index is 14.1. The van der Waals surface area contributed by atoms with Crippen molar-refractivity contribution >= 4 is 33.3 Å². The Morgan fingerprint density at radius 2 is 1.80 bits per heavy atom. The summed E-state index contributed by atoms with van der Waals surface area (Å²) < 4.78 is 34.3. The van der Waals surface area contributed by atoms with E-state index < -0.39 is 50.7 Å². The first-order chi connectivity index (χ1) is 20.8. The van der Waals surface area contributed by atoms with Crippen molar-refractivity contribution in [2.45, 2.75) is 69.6 Å². The molecule has 44 heavy (non-hydrogen) atoms. The number of methoxy groups -OCH3 is 1. The van der Waals surface area contributed by atoms with Gasteiger partial charge in [0, 0.05) is 19.5 Å². The van der Waals surface area contributed by atoms with E-state index in [2.05, 4.69) is 16.7 Å². The first-order valence-corrected chi connectivity index (χ1v) is 16.9. The summed E-state index contributed by atoms with van der Waals surface area (Å²) in [6, 6.07) is 5.88. The van der Waals surface area contributed by atoms with Crippen molar-refractivity contribution in [1.29, 1.82) is 0 Å². The molecular formula is C31H44N4O8S. The zero-order valence-corrected chi connectivity index (χ0v) is 26.5. The van der Waals surface area contributed by atoms with Gasteiger partial charge in [-0.3, -0.25) is 24.1 Å². The number of primary amides is 1. The quantitative estimate of drug-likeness (QED) is 0.197. The number of ether oxygens (including phenoxy) is 2. The Morgan fingerprint density at radius 3 is 2.34 bits per heavy atom. The van der Waals surface area contributed by atoms with E-state index in [1.54, 1.807) is 36.1 Å². The van der Waals surface area contributed by atoms with Gasteiger partial charge in [-0.15, -0.1) is 0 Å². The summed E-state index contributed by atoms with van der Waals surface area (Å²) in [5, 5.41) is 5.49. The predicted octanol–water partition coefficient (Wildman–Crippen LogP) is 0.678. The van der Waals surface area contributed by atoms with Crippen LogP contribution in [0.4, 0.5) is 0 Å². The molecule has 0 radical (unpaired) electrons. The van der Waals surface area contributed by atoms with Gasteiger partial charge in [0.15, 0.2) is 15.6 Å². The maximum absolute atomic E-state index is 14.1. The van der Waals surface area contributed by atoms with E-state index in [-0.39, 0.29) is 56.4 Å². The Labute approximate surface area is 259 Å². The number of benzene rings is 1. The highest BCUT2D eigenvalue weighted by atomic mass is 32.2. The van der Waals surface area contributed by atoms with Crippen molar-refractivity contribution in [1.82, 2.24) is 15.5 Å². The van der Waals surface area contributed by atoms with Crippen molar-refractivity contribution < 1.29 is 37.1 Å². The van der Waals surface area contributed by atoms with Gasteiger partial charge < -0.3 is 25.8 Å². The second kappa shape index (κ2) is 13.8. The fourth-order valence-corrected chi connectivity index (χ4v) is 7.17. The first-order valence-electron chi connectivity index (χ1n) is 15.1. The summed E-state index contributed by atoms with van der Waals surface area (Å²) in [6.07, 6.45) is 5.89. The van der Waals surface area contributed by atoms with E-state index in [1.807, 2.05) is 0 Å². The molecule has 3 amide bonds. The summed E-state index contributed by atoms with van der Waals surface area (Å²) >= 11 is 0. The molecule has 4 N–H and O–H groups in total. The number of allylic oxidation sites excluding steroid dienone is 2. The highest BCUT2D eigenvalue weighted by molar-refractivity contribution is 7.91. The Morgan fingerprint density at radius 1 is 1.14 bits per heavy atom.